The van der Waals surface area contributed by atoms with Gasteiger partial charge in [-0.15, -0.1) is 5.10 Å². The van der Waals surface area contributed by atoms with Crippen LogP contribution in [0.4, 0.5) is 0 Å². The first-order chi connectivity index (χ1) is 8.72. The van der Waals surface area contributed by atoms with Crippen LogP contribution in [0.1, 0.15) is 12.8 Å². The Kier molecular flexibility index (Phi) is 2.91. The number of carbonyl (C=O) groups excluding carboxylic acids is 1. The van der Waals surface area contributed by atoms with Gasteiger partial charge in [0.2, 0.25) is 11.8 Å². The van der Waals surface area contributed by atoms with Gasteiger partial charge in [0.25, 0.3) is 0 Å². The molecule has 0 radical (unpaired) electrons. The molecule has 94 valence electrons. The Hall–Kier alpha value is -1.63. The monoisotopic (exact) mass is 310 g/mol. The molecule has 6 nitrogen and oxygen atoms in total. The molecule has 1 saturated heterocycles. The van der Waals surface area contributed by atoms with Crippen LogP contribution in [0.5, 0.6) is 5.88 Å². The third-order valence-corrected chi connectivity index (χ3v) is 3.35. The number of ether oxygens (including phenoxy) is 1. The molecule has 3 rings (SSSR count). The largest absolute Gasteiger partial charge is 0.474 e. The van der Waals surface area contributed by atoms with Crippen LogP contribution < -0.4 is 10.1 Å². The van der Waals surface area contributed by atoms with Crippen molar-refractivity contribution in [2.24, 2.45) is 0 Å². The molecule has 1 N–H and O–H groups in total. The zero-order chi connectivity index (χ0) is 12.5. The number of hydrogen-bond acceptors (Lipinski definition) is 4. The van der Waals surface area contributed by atoms with E-state index in [0.717, 1.165) is 16.7 Å². The number of nitrogens with one attached hydrogen (secondary N) is 1. The molecule has 18 heavy (non-hydrogen) atoms. The van der Waals surface area contributed by atoms with E-state index in [-0.39, 0.29) is 11.9 Å². The third kappa shape index (κ3) is 2.17. The van der Waals surface area contributed by atoms with Gasteiger partial charge in [-0.2, -0.15) is 0 Å². The van der Waals surface area contributed by atoms with Crippen LogP contribution in [0.3, 0.4) is 0 Å². The number of amides is 1. The predicted octanol–water partition coefficient (Wildman–Crippen LogP) is 1.15. The summed E-state index contributed by atoms with van der Waals surface area (Å²) in [5, 5.41) is 7.13. The molecule has 1 unspecified atom stereocenters. The quantitative estimate of drug-likeness (QED) is 0.923. The summed E-state index contributed by atoms with van der Waals surface area (Å²) in [6.45, 7) is 0.441. The molecule has 2 aromatic rings. The van der Waals surface area contributed by atoms with Crippen molar-refractivity contribution in [3.63, 3.8) is 0 Å². The average molecular weight is 311 g/mol. The smallest absolute Gasteiger partial charge is 0.231 e. The fourth-order valence-electron chi connectivity index (χ4n) is 1.89. The van der Waals surface area contributed by atoms with Gasteiger partial charge in [-0.1, -0.05) is 0 Å². The molecule has 1 aliphatic rings. The number of carbonyl (C=O) groups is 1. The first-order valence-corrected chi connectivity index (χ1v) is 6.44. The highest BCUT2D eigenvalue weighted by atomic mass is 79.9. The Morgan fingerprint density at radius 3 is 3.22 bits per heavy atom. The lowest BCUT2D eigenvalue weighted by Gasteiger charge is -2.11. The Morgan fingerprint density at radius 2 is 2.44 bits per heavy atom. The molecular formula is C11H11BrN4O2. The van der Waals surface area contributed by atoms with E-state index in [1.807, 2.05) is 6.07 Å². The first kappa shape index (κ1) is 11.5. The number of hydrogen-bond donors (Lipinski definition) is 1. The zero-order valence-electron chi connectivity index (χ0n) is 9.47. The van der Waals surface area contributed by atoms with Crippen LogP contribution >= 0.6 is 15.9 Å². The summed E-state index contributed by atoms with van der Waals surface area (Å²) in [4.78, 5) is 15.2. The highest BCUT2D eigenvalue weighted by molar-refractivity contribution is 9.10. The van der Waals surface area contributed by atoms with E-state index in [1.54, 1.807) is 16.8 Å². The average Bonchev–Trinajstić information content (AvgIpc) is 2.94. The Bertz CT molecular complexity index is 598. The van der Waals surface area contributed by atoms with E-state index in [1.165, 1.54) is 0 Å². The molecule has 1 atom stereocenters. The lowest BCUT2D eigenvalue weighted by molar-refractivity contribution is -0.119. The van der Waals surface area contributed by atoms with Crippen molar-refractivity contribution in [3.05, 3.63) is 22.9 Å². The van der Waals surface area contributed by atoms with Gasteiger partial charge in [0, 0.05) is 12.5 Å². The molecule has 1 fully saturated rings. The van der Waals surface area contributed by atoms with Gasteiger partial charge in [0.05, 0.1) is 12.2 Å². The molecule has 0 saturated carbocycles. The molecule has 0 aliphatic carbocycles. The van der Waals surface area contributed by atoms with Crippen molar-refractivity contribution >= 4 is 27.5 Å². The molecule has 0 aromatic carbocycles. The lowest BCUT2D eigenvalue weighted by atomic mass is 10.2. The summed E-state index contributed by atoms with van der Waals surface area (Å²) in [6.07, 6.45) is 3.08. The maximum atomic E-state index is 11.0. The van der Waals surface area contributed by atoms with Gasteiger partial charge < -0.3 is 10.1 Å². The topological polar surface area (TPSA) is 68.5 Å². The van der Waals surface area contributed by atoms with Crippen LogP contribution in [0.25, 0.3) is 5.65 Å². The minimum Gasteiger partial charge on any atom is -0.474 e. The number of nitrogens with zero attached hydrogens (tertiary/aromatic N) is 3. The molecular weight excluding hydrogens is 300 g/mol. The van der Waals surface area contributed by atoms with E-state index < -0.39 is 0 Å². The highest BCUT2D eigenvalue weighted by Crippen LogP contribution is 2.15. The van der Waals surface area contributed by atoms with Crippen LogP contribution in [0.2, 0.25) is 0 Å². The lowest BCUT2D eigenvalue weighted by Crippen LogP contribution is -2.31. The summed E-state index contributed by atoms with van der Waals surface area (Å²) >= 11 is 3.35. The highest BCUT2D eigenvalue weighted by Gasteiger charge is 2.21. The molecule has 0 bridgehead atoms. The molecule has 3 heterocycles. The predicted molar refractivity (Wildman–Crippen MR) is 67.3 cm³/mol. The summed E-state index contributed by atoms with van der Waals surface area (Å²) < 4.78 is 8.01. The van der Waals surface area contributed by atoms with E-state index in [4.69, 9.17) is 4.74 Å². The number of fused-ring (bicyclic) bond motifs is 1. The van der Waals surface area contributed by atoms with E-state index in [9.17, 15) is 4.79 Å². The minimum atomic E-state index is 0.0845. The minimum absolute atomic E-state index is 0.0845. The van der Waals surface area contributed by atoms with Crippen molar-refractivity contribution in [1.82, 2.24) is 19.9 Å². The third-order valence-electron chi connectivity index (χ3n) is 2.81. The van der Waals surface area contributed by atoms with Crippen molar-refractivity contribution < 1.29 is 9.53 Å². The van der Waals surface area contributed by atoms with Crippen LogP contribution in [0.15, 0.2) is 22.9 Å². The van der Waals surface area contributed by atoms with Gasteiger partial charge >= 0.3 is 0 Å². The van der Waals surface area contributed by atoms with Crippen molar-refractivity contribution in [3.8, 4) is 5.88 Å². The molecule has 0 spiro atoms. The Morgan fingerprint density at radius 1 is 1.56 bits per heavy atom. The summed E-state index contributed by atoms with van der Waals surface area (Å²) in [5.41, 5.74) is 0.753. The van der Waals surface area contributed by atoms with Crippen molar-refractivity contribution in [2.45, 2.75) is 18.9 Å². The van der Waals surface area contributed by atoms with Crippen LogP contribution in [-0.4, -0.2) is 33.2 Å². The molecule has 1 amide bonds. The van der Waals surface area contributed by atoms with Gasteiger partial charge in [-0.3, -0.25) is 4.79 Å². The van der Waals surface area contributed by atoms with Crippen molar-refractivity contribution in [1.29, 1.82) is 0 Å². The van der Waals surface area contributed by atoms with Crippen LogP contribution in [-0.2, 0) is 4.79 Å². The summed E-state index contributed by atoms with van der Waals surface area (Å²) in [7, 11) is 0. The molecule has 7 heteroatoms. The summed E-state index contributed by atoms with van der Waals surface area (Å²) in [6, 6.07) is 3.69. The standard InChI is InChI=1S/C11H11BrN4O2/c12-8-5-13-9-2-4-11(15-16(8)9)18-6-7-1-3-10(17)14-7/h2,4-5,7H,1,3,6H2,(H,14,17). The molecule has 2 aromatic heterocycles. The number of halogens is 1. The number of rotatable bonds is 3. The SMILES string of the molecule is O=C1CCC(COc2ccc3ncc(Br)n3n2)N1. The number of imidazole rings is 1. The van der Waals surface area contributed by atoms with Gasteiger partial charge in [-0.25, -0.2) is 9.50 Å². The Labute approximate surface area is 111 Å². The van der Waals surface area contributed by atoms with Crippen molar-refractivity contribution in [2.75, 3.05) is 6.61 Å². The van der Waals surface area contributed by atoms with E-state index in [0.29, 0.717) is 18.9 Å². The van der Waals surface area contributed by atoms with Gasteiger partial charge in [0.1, 0.15) is 11.2 Å². The Balaban J connectivity index is 1.70. The van der Waals surface area contributed by atoms with Gasteiger partial charge in [0.15, 0.2) is 5.65 Å². The second-order valence-electron chi connectivity index (χ2n) is 4.14. The first-order valence-electron chi connectivity index (χ1n) is 5.65. The normalized spacial score (nSPS) is 19.2. The second-order valence-corrected chi connectivity index (χ2v) is 4.95. The maximum absolute atomic E-state index is 11.0. The van der Waals surface area contributed by atoms with Crippen LogP contribution in [0, 0.1) is 0 Å². The second kappa shape index (κ2) is 4.56. The van der Waals surface area contributed by atoms with E-state index in [2.05, 4.69) is 31.3 Å². The summed E-state index contributed by atoms with van der Waals surface area (Å²) in [5.74, 6) is 0.603. The maximum Gasteiger partial charge on any atom is 0.231 e. The fourth-order valence-corrected chi connectivity index (χ4v) is 2.26. The zero-order valence-corrected chi connectivity index (χ0v) is 11.1. The fraction of sp³-hybridized carbons (Fsp3) is 0.364. The van der Waals surface area contributed by atoms with Gasteiger partial charge in [-0.05, 0) is 28.4 Å². The van der Waals surface area contributed by atoms with E-state index >= 15 is 0 Å². The molecule has 1 aliphatic heterocycles. The number of aromatic nitrogens is 3.